The highest BCUT2D eigenvalue weighted by atomic mass is 32.2. The third-order valence-electron chi connectivity index (χ3n) is 4.87. The normalized spacial score (nSPS) is 17.6. The first-order valence-corrected chi connectivity index (χ1v) is 10.9. The van der Waals surface area contributed by atoms with Crippen molar-refractivity contribution in [3.63, 3.8) is 0 Å². The third-order valence-corrected chi connectivity index (χ3v) is 6.20. The summed E-state index contributed by atoms with van der Waals surface area (Å²) in [5, 5.41) is 9.58. The van der Waals surface area contributed by atoms with Gasteiger partial charge in [-0.25, -0.2) is 4.79 Å². The predicted octanol–water partition coefficient (Wildman–Crippen LogP) is 4.18. The SMILES string of the molecule is CC(C)C[C@@H](C(=O)O)N1C(=O)/C(=C/c2ccc(-c3ccc4c(c3)OCO4)nc2)SC1=S. The van der Waals surface area contributed by atoms with Crippen molar-refractivity contribution < 1.29 is 24.2 Å². The van der Waals surface area contributed by atoms with Crippen LogP contribution in [0.1, 0.15) is 25.8 Å². The molecule has 7 nitrogen and oxygen atoms in total. The fourth-order valence-electron chi connectivity index (χ4n) is 3.38. The second kappa shape index (κ2) is 8.68. The number of hydrogen-bond acceptors (Lipinski definition) is 7. The zero-order valence-electron chi connectivity index (χ0n) is 16.9. The van der Waals surface area contributed by atoms with Crippen molar-refractivity contribution in [1.82, 2.24) is 9.88 Å². The number of thiocarbonyl (C=S) groups is 1. The lowest BCUT2D eigenvalue weighted by Gasteiger charge is -2.24. The van der Waals surface area contributed by atoms with Crippen LogP contribution in [0.25, 0.3) is 17.3 Å². The molecule has 0 saturated carbocycles. The molecule has 1 amide bonds. The van der Waals surface area contributed by atoms with Gasteiger partial charge in [-0.05, 0) is 48.2 Å². The van der Waals surface area contributed by atoms with Gasteiger partial charge in [0.1, 0.15) is 10.4 Å². The number of hydrogen-bond donors (Lipinski definition) is 1. The molecule has 1 atom stereocenters. The van der Waals surface area contributed by atoms with Gasteiger partial charge in [0.25, 0.3) is 5.91 Å². The third kappa shape index (κ3) is 4.42. The number of thioether (sulfide) groups is 1. The number of benzene rings is 1. The van der Waals surface area contributed by atoms with E-state index in [-0.39, 0.29) is 22.9 Å². The summed E-state index contributed by atoms with van der Waals surface area (Å²) >= 11 is 6.42. The highest BCUT2D eigenvalue weighted by Gasteiger charge is 2.40. The molecule has 0 unspecified atom stereocenters. The van der Waals surface area contributed by atoms with Gasteiger partial charge in [-0.15, -0.1) is 0 Å². The molecule has 1 saturated heterocycles. The van der Waals surface area contributed by atoms with Gasteiger partial charge in [0.05, 0.1) is 10.6 Å². The Morgan fingerprint density at radius 3 is 2.74 bits per heavy atom. The number of ether oxygens (including phenoxy) is 2. The molecule has 3 heterocycles. The van der Waals surface area contributed by atoms with Crippen LogP contribution in [0.4, 0.5) is 0 Å². The van der Waals surface area contributed by atoms with Crippen LogP contribution in [0.2, 0.25) is 0 Å². The maximum atomic E-state index is 12.9. The van der Waals surface area contributed by atoms with Gasteiger partial charge in [-0.2, -0.15) is 0 Å². The molecule has 1 aromatic heterocycles. The first-order valence-electron chi connectivity index (χ1n) is 9.69. The molecule has 1 fully saturated rings. The van der Waals surface area contributed by atoms with Crippen LogP contribution in [-0.4, -0.2) is 44.0 Å². The van der Waals surface area contributed by atoms with Gasteiger partial charge < -0.3 is 14.6 Å². The Morgan fingerprint density at radius 2 is 2.06 bits per heavy atom. The number of aromatic nitrogens is 1. The van der Waals surface area contributed by atoms with Crippen LogP contribution in [0.5, 0.6) is 11.5 Å². The molecule has 4 rings (SSSR count). The standard InChI is InChI=1S/C22H20N2O5S2/c1-12(2)7-16(21(26)27)24-20(25)19(31-22(24)30)8-13-3-5-15(23-10-13)14-4-6-17-18(9-14)29-11-28-17/h3-6,8-10,12,16H,7,11H2,1-2H3,(H,26,27)/b19-8-/t16-/m0/s1. The van der Waals surface area contributed by atoms with E-state index in [0.29, 0.717) is 22.8 Å². The van der Waals surface area contributed by atoms with Gasteiger partial charge in [-0.1, -0.05) is 43.9 Å². The minimum absolute atomic E-state index is 0.114. The minimum Gasteiger partial charge on any atom is -0.480 e. The molecule has 1 aromatic carbocycles. The first-order chi connectivity index (χ1) is 14.8. The van der Waals surface area contributed by atoms with Crippen molar-refractivity contribution in [2.45, 2.75) is 26.3 Å². The number of carbonyl (C=O) groups excluding carboxylic acids is 1. The number of carboxylic acid groups (broad SMARTS) is 1. The number of amides is 1. The summed E-state index contributed by atoms with van der Waals surface area (Å²) in [5.41, 5.74) is 2.37. The lowest BCUT2D eigenvalue weighted by Crippen LogP contribution is -2.44. The number of carbonyl (C=O) groups is 2. The van der Waals surface area contributed by atoms with E-state index in [9.17, 15) is 14.7 Å². The van der Waals surface area contributed by atoms with Gasteiger partial charge >= 0.3 is 5.97 Å². The lowest BCUT2D eigenvalue weighted by molar-refractivity contribution is -0.145. The maximum absolute atomic E-state index is 12.9. The summed E-state index contributed by atoms with van der Waals surface area (Å²) in [5.74, 6) is 0.0625. The molecule has 160 valence electrons. The quantitative estimate of drug-likeness (QED) is 0.512. The number of fused-ring (bicyclic) bond motifs is 1. The Hall–Kier alpha value is -2.91. The number of pyridine rings is 1. The fraction of sp³-hybridized carbons (Fsp3) is 0.273. The van der Waals surface area contributed by atoms with Gasteiger partial charge in [-0.3, -0.25) is 14.7 Å². The van der Waals surface area contributed by atoms with Crippen molar-refractivity contribution in [2.24, 2.45) is 5.92 Å². The second-order valence-electron chi connectivity index (χ2n) is 7.58. The molecule has 0 radical (unpaired) electrons. The highest BCUT2D eigenvalue weighted by Crippen LogP contribution is 2.37. The van der Waals surface area contributed by atoms with E-state index in [1.54, 1.807) is 12.3 Å². The average Bonchev–Trinajstić information content (AvgIpc) is 3.30. The lowest BCUT2D eigenvalue weighted by atomic mass is 10.0. The fourth-order valence-corrected chi connectivity index (χ4v) is 4.74. The van der Waals surface area contributed by atoms with Crippen molar-refractivity contribution in [3.8, 4) is 22.8 Å². The smallest absolute Gasteiger partial charge is 0.326 e. The van der Waals surface area contributed by atoms with Gasteiger partial charge in [0.2, 0.25) is 6.79 Å². The summed E-state index contributed by atoms with van der Waals surface area (Å²) < 4.78 is 11.0. The molecule has 2 aromatic rings. The largest absolute Gasteiger partial charge is 0.480 e. The Morgan fingerprint density at radius 1 is 1.29 bits per heavy atom. The molecule has 0 bridgehead atoms. The van der Waals surface area contributed by atoms with E-state index in [1.165, 1.54) is 4.90 Å². The summed E-state index contributed by atoms with van der Waals surface area (Å²) in [4.78, 5) is 30.7. The molecule has 31 heavy (non-hydrogen) atoms. The Bertz CT molecular complexity index is 1080. The summed E-state index contributed by atoms with van der Waals surface area (Å²) in [7, 11) is 0. The molecule has 2 aliphatic heterocycles. The molecule has 0 aliphatic carbocycles. The van der Waals surface area contributed by atoms with Crippen molar-refractivity contribution in [2.75, 3.05) is 6.79 Å². The zero-order chi connectivity index (χ0) is 22.1. The molecule has 9 heteroatoms. The molecule has 1 N–H and O–H groups in total. The van der Waals surface area contributed by atoms with Gasteiger partial charge in [0.15, 0.2) is 11.5 Å². The molecule has 2 aliphatic rings. The van der Waals surface area contributed by atoms with Crippen LogP contribution in [-0.2, 0) is 9.59 Å². The molecular weight excluding hydrogens is 436 g/mol. The number of carboxylic acids is 1. The van der Waals surface area contributed by atoms with E-state index in [2.05, 4.69) is 4.98 Å². The maximum Gasteiger partial charge on any atom is 0.326 e. The minimum atomic E-state index is -1.05. The second-order valence-corrected chi connectivity index (χ2v) is 9.26. The number of rotatable bonds is 6. The van der Waals surface area contributed by atoms with Gasteiger partial charge in [0, 0.05) is 11.8 Å². The summed E-state index contributed by atoms with van der Waals surface area (Å²) in [6, 6.07) is 8.35. The van der Waals surface area contributed by atoms with Crippen molar-refractivity contribution in [3.05, 3.63) is 47.0 Å². The Kier molecular flexibility index (Phi) is 5.97. The van der Waals surface area contributed by atoms with E-state index < -0.39 is 12.0 Å². The predicted molar refractivity (Wildman–Crippen MR) is 122 cm³/mol. The van der Waals surface area contributed by atoms with Crippen LogP contribution in [0.3, 0.4) is 0 Å². The topological polar surface area (TPSA) is 89.0 Å². The van der Waals surface area contributed by atoms with E-state index in [0.717, 1.165) is 28.6 Å². The van der Waals surface area contributed by atoms with Crippen LogP contribution < -0.4 is 9.47 Å². The van der Waals surface area contributed by atoms with Crippen LogP contribution in [0.15, 0.2) is 41.4 Å². The van der Waals surface area contributed by atoms with Crippen molar-refractivity contribution >= 4 is 46.3 Å². The average molecular weight is 457 g/mol. The first kappa shape index (κ1) is 21.3. The van der Waals surface area contributed by atoms with Crippen molar-refractivity contribution in [1.29, 1.82) is 0 Å². The summed E-state index contributed by atoms with van der Waals surface area (Å²) in [6.45, 7) is 4.04. The zero-order valence-corrected chi connectivity index (χ0v) is 18.5. The van der Waals surface area contributed by atoms with Crippen LogP contribution in [0, 0.1) is 5.92 Å². The Balaban J connectivity index is 1.54. The summed E-state index contributed by atoms with van der Waals surface area (Å²) in [6.07, 6.45) is 3.68. The number of aliphatic carboxylic acids is 1. The van der Waals surface area contributed by atoms with E-state index in [4.69, 9.17) is 21.7 Å². The monoisotopic (exact) mass is 456 g/mol. The molecule has 0 spiro atoms. The van der Waals surface area contributed by atoms with Crippen LogP contribution >= 0.6 is 24.0 Å². The van der Waals surface area contributed by atoms with E-state index in [1.807, 2.05) is 44.2 Å². The number of nitrogens with zero attached hydrogens (tertiary/aromatic N) is 2. The highest BCUT2D eigenvalue weighted by molar-refractivity contribution is 8.26. The molecular formula is C22H20N2O5S2. The Labute approximate surface area is 189 Å². The van der Waals surface area contributed by atoms with E-state index >= 15 is 0 Å².